The minimum Gasteiger partial charge on any atom is -0.504 e. The summed E-state index contributed by atoms with van der Waals surface area (Å²) in [7, 11) is 4.45. The van der Waals surface area contributed by atoms with Crippen LogP contribution >= 0.6 is 0 Å². The fourth-order valence-electron chi connectivity index (χ4n) is 2.61. The van der Waals surface area contributed by atoms with Gasteiger partial charge in [0.05, 0.1) is 19.8 Å². The third kappa shape index (κ3) is 2.76. The summed E-state index contributed by atoms with van der Waals surface area (Å²) in [6.07, 6.45) is 0.00659. The summed E-state index contributed by atoms with van der Waals surface area (Å²) in [4.78, 5) is 24.8. The number of hydrogen-bond acceptors (Lipinski definition) is 5. The van der Waals surface area contributed by atoms with Crippen molar-refractivity contribution in [3.8, 4) is 17.2 Å². The highest BCUT2D eigenvalue weighted by molar-refractivity contribution is 5.94. The quantitative estimate of drug-likeness (QED) is 0.912. The molecule has 0 radical (unpaired) electrons. The fourth-order valence-corrected chi connectivity index (χ4v) is 2.61. The number of carbonyl (C=O) groups is 1. The average Bonchev–Trinajstić information content (AvgIpc) is 2.52. The summed E-state index contributed by atoms with van der Waals surface area (Å²) in [5, 5.41) is 10.5. The molecule has 0 aliphatic rings. The lowest BCUT2D eigenvalue weighted by Gasteiger charge is -2.17. The van der Waals surface area contributed by atoms with Crippen molar-refractivity contribution in [3.63, 3.8) is 0 Å². The number of Topliss-reactive ketones (excluding diaryl/α,β-unsaturated/α-hetero) is 1. The number of fused-ring (bicyclic) bond motifs is 1. The Balaban J connectivity index is 2.87. The van der Waals surface area contributed by atoms with E-state index in [2.05, 4.69) is 0 Å². The van der Waals surface area contributed by atoms with Crippen LogP contribution in [0.3, 0.4) is 0 Å². The number of benzene rings is 1. The zero-order chi connectivity index (χ0) is 17.3. The third-order valence-corrected chi connectivity index (χ3v) is 3.93. The molecule has 6 heteroatoms. The summed E-state index contributed by atoms with van der Waals surface area (Å²) in [5.41, 5.74) is 0.399. The van der Waals surface area contributed by atoms with E-state index in [1.807, 2.05) is 0 Å². The molecule has 0 bridgehead atoms. The largest absolute Gasteiger partial charge is 0.504 e. The SMILES string of the molecule is COc1c(CC(=O)C(C)C)c(=O)n(C)c2c(OC)c(O)ccc12. The molecule has 0 aliphatic carbocycles. The van der Waals surface area contributed by atoms with E-state index in [9.17, 15) is 14.7 Å². The molecule has 0 saturated heterocycles. The number of aromatic hydroxyl groups is 1. The molecule has 1 aromatic carbocycles. The average molecular weight is 319 g/mol. The van der Waals surface area contributed by atoms with Gasteiger partial charge in [0.25, 0.3) is 5.56 Å². The summed E-state index contributed by atoms with van der Waals surface area (Å²) >= 11 is 0. The molecule has 1 aromatic heterocycles. The van der Waals surface area contributed by atoms with Gasteiger partial charge in [-0.25, -0.2) is 0 Å². The maximum atomic E-state index is 12.7. The van der Waals surface area contributed by atoms with E-state index in [1.54, 1.807) is 27.0 Å². The molecule has 1 N–H and O–H groups in total. The van der Waals surface area contributed by atoms with Crippen molar-refractivity contribution in [1.29, 1.82) is 0 Å². The van der Waals surface area contributed by atoms with Gasteiger partial charge >= 0.3 is 0 Å². The van der Waals surface area contributed by atoms with E-state index in [1.165, 1.54) is 24.9 Å². The molecule has 0 saturated carbocycles. The van der Waals surface area contributed by atoms with E-state index < -0.39 is 0 Å². The number of methoxy groups -OCH3 is 2. The fraction of sp³-hybridized carbons (Fsp3) is 0.412. The number of nitrogens with zero attached hydrogens (tertiary/aromatic N) is 1. The number of aromatic nitrogens is 1. The number of rotatable bonds is 5. The van der Waals surface area contributed by atoms with Crippen LogP contribution in [0, 0.1) is 5.92 Å². The van der Waals surface area contributed by atoms with Crippen molar-refractivity contribution < 1.29 is 19.4 Å². The topological polar surface area (TPSA) is 77.8 Å². The first-order valence-electron chi connectivity index (χ1n) is 7.31. The number of ketones is 1. The van der Waals surface area contributed by atoms with Crippen molar-refractivity contribution >= 4 is 16.7 Å². The highest BCUT2D eigenvalue weighted by Crippen LogP contribution is 2.38. The van der Waals surface area contributed by atoms with Gasteiger partial charge in [0.1, 0.15) is 17.0 Å². The van der Waals surface area contributed by atoms with Gasteiger partial charge in [0, 0.05) is 24.8 Å². The number of phenols is 1. The second-order valence-electron chi connectivity index (χ2n) is 5.69. The predicted molar refractivity (Wildman–Crippen MR) is 87.5 cm³/mol. The van der Waals surface area contributed by atoms with E-state index in [0.29, 0.717) is 22.2 Å². The molecule has 0 aliphatic heterocycles. The Morgan fingerprint density at radius 2 is 1.83 bits per heavy atom. The highest BCUT2D eigenvalue weighted by Gasteiger charge is 2.22. The van der Waals surface area contributed by atoms with Crippen LogP contribution in [-0.2, 0) is 18.3 Å². The maximum Gasteiger partial charge on any atom is 0.258 e. The Bertz CT molecular complexity index is 820. The Labute approximate surface area is 134 Å². The maximum absolute atomic E-state index is 12.7. The molecule has 1 heterocycles. The minimum atomic E-state index is -0.341. The zero-order valence-electron chi connectivity index (χ0n) is 14.0. The van der Waals surface area contributed by atoms with Gasteiger partial charge < -0.3 is 19.1 Å². The van der Waals surface area contributed by atoms with Gasteiger partial charge in [-0.1, -0.05) is 13.8 Å². The molecular weight excluding hydrogens is 298 g/mol. The minimum absolute atomic E-state index is 0.00659. The molecule has 23 heavy (non-hydrogen) atoms. The first-order chi connectivity index (χ1) is 10.8. The van der Waals surface area contributed by atoms with Crippen LogP contribution < -0.4 is 15.0 Å². The lowest BCUT2D eigenvalue weighted by atomic mass is 9.99. The molecule has 0 atom stereocenters. The molecule has 0 amide bonds. The molecule has 0 fully saturated rings. The lowest BCUT2D eigenvalue weighted by molar-refractivity contribution is -0.121. The standard InChI is InChI=1S/C17H21NO5/c1-9(2)13(20)8-11-15(22-4)10-6-7-12(19)16(23-5)14(10)18(3)17(11)21/h6-7,9,19H,8H2,1-5H3. The van der Waals surface area contributed by atoms with Crippen LogP contribution in [0.2, 0.25) is 0 Å². The van der Waals surface area contributed by atoms with Crippen molar-refractivity contribution in [1.82, 2.24) is 4.57 Å². The number of aryl methyl sites for hydroxylation is 1. The van der Waals surface area contributed by atoms with Gasteiger partial charge in [-0.15, -0.1) is 0 Å². The second-order valence-corrected chi connectivity index (χ2v) is 5.69. The number of ether oxygens (including phenoxy) is 2. The number of pyridine rings is 1. The van der Waals surface area contributed by atoms with Gasteiger partial charge in [-0.3, -0.25) is 9.59 Å². The van der Waals surface area contributed by atoms with E-state index in [4.69, 9.17) is 9.47 Å². The Morgan fingerprint density at radius 3 is 2.35 bits per heavy atom. The zero-order valence-corrected chi connectivity index (χ0v) is 14.0. The second kappa shape index (κ2) is 6.32. The molecule has 0 unspecified atom stereocenters. The van der Waals surface area contributed by atoms with Crippen LogP contribution in [-0.4, -0.2) is 29.7 Å². The molecule has 6 nitrogen and oxygen atoms in total. The van der Waals surface area contributed by atoms with Crippen molar-refractivity contribution in [2.45, 2.75) is 20.3 Å². The van der Waals surface area contributed by atoms with E-state index in [-0.39, 0.29) is 35.2 Å². The van der Waals surface area contributed by atoms with Crippen LogP contribution in [0.1, 0.15) is 19.4 Å². The lowest BCUT2D eigenvalue weighted by Crippen LogP contribution is -2.26. The van der Waals surface area contributed by atoms with Crippen LogP contribution in [0.4, 0.5) is 0 Å². The van der Waals surface area contributed by atoms with E-state index in [0.717, 1.165) is 0 Å². The number of carbonyl (C=O) groups excluding carboxylic acids is 1. The van der Waals surface area contributed by atoms with Crippen molar-refractivity contribution in [2.75, 3.05) is 14.2 Å². The first-order valence-corrected chi connectivity index (χ1v) is 7.31. The Kier molecular flexibility index (Phi) is 4.63. The number of hydrogen-bond donors (Lipinski definition) is 1. The van der Waals surface area contributed by atoms with Crippen molar-refractivity contribution in [3.05, 3.63) is 28.0 Å². The van der Waals surface area contributed by atoms with Gasteiger partial charge in [-0.05, 0) is 12.1 Å². The summed E-state index contributed by atoms with van der Waals surface area (Å²) in [6.45, 7) is 3.59. The first kappa shape index (κ1) is 16.9. The molecular formula is C17H21NO5. The third-order valence-electron chi connectivity index (χ3n) is 3.93. The summed E-state index contributed by atoms with van der Waals surface area (Å²) < 4.78 is 12.0. The molecule has 2 rings (SSSR count). The molecule has 0 spiro atoms. The van der Waals surface area contributed by atoms with Crippen LogP contribution in [0.25, 0.3) is 10.9 Å². The number of phenolic OH excluding ortho intramolecular Hbond substituents is 1. The van der Waals surface area contributed by atoms with Crippen LogP contribution in [0.15, 0.2) is 16.9 Å². The van der Waals surface area contributed by atoms with Gasteiger partial charge in [-0.2, -0.15) is 0 Å². The Morgan fingerprint density at radius 1 is 1.22 bits per heavy atom. The van der Waals surface area contributed by atoms with Crippen LogP contribution in [0.5, 0.6) is 17.2 Å². The van der Waals surface area contributed by atoms with Gasteiger partial charge in [0.15, 0.2) is 11.5 Å². The highest BCUT2D eigenvalue weighted by atomic mass is 16.5. The normalized spacial score (nSPS) is 11.0. The smallest absolute Gasteiger partial charge is 0.258 e. The van der Waals surface area contributed by atoms with Crippen molar-refractivity contribution in [2.24, 2.45) is 13.0 Å². The predicted octanol–water partition coefficient (Wildman–Crippen LogP) is 2.03. The van der Waals surface area contributed by atoms with Gasteiger partial charge in [0.2, 0.25) is 0 Å². The Hall–Kier alpha value is -2.50. The van der Waals surface area contributed by atoms with E-state index >= 15 is 0 Å². The monoisotopic (exact) mass is 319 g/mol. The molecule has 124 valence electrons. The summed E-state index contributed by atoms with van der Waals surface area (Å²) in [6, 6.07) is 3.12. The molecule has 2 aromatic rings. The summed E-state index contributed by atoms with van der Waals surface area (Å²) in [5.74, 6) is 0.264.